The first-order valence-corrected chi connectivity index (χ1v) is 6.20. The fraction of sp³-hybridized carbons (Fsp3) is 0.500. The van der Waals surface area contributed by atoms with Gasteiger partial charge in [0.05, 0.1) is 13.7 Å². The van der Waals surface area contributed by atoms with Gasteiger partial charge in [0, 0.05) is 25.2 Å². The SMILES string of the molecule is CCN(C)C(=O)CNC(C)c1ccccc1OC. The molecule has 0 saturated heterocycles. The van der Waals surface area contributed by atoms with Gasteiger partial charge >= 0.3 is 0 Å². The van der Waals surface area contributed by atoms with Crippen LogP contribution in [0.3, 0.4) is 0 Å². The fourth-order valence-electron chi connectivity index (χ4n) is 1.69. The molecule has 1 aromatic carbocycles. The van der Waals surface area contributed by atoms with E-state index in [1.54, 1.807) is 19.1 Å². The normalized spacial score (nSPS) is 12.0. The monoisotopic (exact) mass is 250 g/mol. The highest BCUT2D eigenvalue weighted by Gasteiger charge is 2.13. The number of benzene rings is 1. The Kier molecular flexibility index (Phi) is 5.65. The maximum absolute atomic E-state index is 11.7. The minimum absolute atomic E-state index is 0.0790. The molecule has 1 N–H and O–H groups in total. The van der Waals surface area contributed by atoms with Crippen LogP contribution in [0.1, 0.15) is 25.5 Å². The molecule has 4 nitrogen and oxygen atoms in total. The number of methoxy groups -OCH3 is 1. The van der Waals surface area contributed by atoms with Gasteiger partial charge in [0.2, 0.25) is 5.91 Å². The Morgan fingerprint density at radius 3 is 2.72 bits per heavy atom. The minimum Gasteiger partial charge on any atom is -0.496 e. The van der Waals surface area contributed by atoms with Gasteiger partial charge in [0.15, 0.2) is 0 Å². The van der Waals surface area contributed by atoms with Crippen LogP contribution in [-0.2, 0) is 4.79 Å². The van der Waals surface area contributed by atoms with Crippen molar-refractivity contribution in [3.05, 3.63) is 29.8 Å². The van der Waals surface area contributed by atoms with Crippen molar-refractivity contribution in [1.82, 2.24) is 10.2 Å². The quantitative estimate of drug-likeness (QED) is 0.837. The smallest absolute Gasteiger partial charge is 0.236 e. The van der Waals surface area contributed by atoms with Crippen molar-refractivity contribution >= 4 is 5.91 Å². The number of carbonyl (C=O) groups is 1. The number of ether oxygens (including phenoxy) is 1. The summed E-state index contributed by atoms with van der Waals surface area (Å²) in [5, 5.41) is 3.22. The summed E-state index contributed by atoms with van der Waals surface area (Å²) in [4.78, 5) is 13.4. The molecule has 4 heteroatoms. The van der Waals surface area contributed by atoms with Crippen LogP contribution in [0.4, 0.5) is 0 Å². The van der Waals surface area contributed by atoms with E-state index in [2.05, 4.69) is 5.32 Å². The number of nitrogens with one attached hydrogen (secondary N) is 1. The molecule has 0 aromatic heterocycles. The molecule has 0 aliphatic rings. The maximum Gasteiger partial charge on any atom is 0.236 e. The number of nitrogens with zero attached hydrogens (tertiary/aromatic N) is 1. The fourth-order valence-corrected chi connectivity index (χ4v) is 1.69. The highest BCUT2D eigenvalue weighted by Crippen LogP contribution is 2.23. The van der Waals surface area contributed by atoms with Gasteiger partial charge < -0.3 is 15.0 Å². The van der Waals surface area contributed by atoms with E-state index in [1.807, 2.05) is 38.1 Å². The summed E-state index contributed by atoms with van der Waals surface area (Å²) < 4.78 is 5.31. The average molecular weight is 250 g/mol. The highest BCUT2D eigenvalue weighted by molar-refractivity contribution is 5.77. The lowest BCUT2D eigenvalue weighted by Gasteiger charge is -2.19. The molecule has 0 radical (unpaired) electrons. The molecule has 0 saturated carbocycles. The van der Waals surface area contributed by atoms with E-state index in [4.69, 9.17) is 4.74 Å². The highest BCUT2D eigenvalue weighted by atomic mass is 16.5. The molecule has 0 aliphatic carbocycles. The zero-order valence-corrected chi connectivity index (χ0v) is 11.6. The van der Waals surface area contributed by atoms with Crippen LogP contribution in [0, 0.1) is 0 Å². The van der Waals surface area contributed by atoms with Gasteiger partial charge in [-0.2, -0.15) is 0 Å². The van der Waals surface area contributed by atoms with E-state index < -0.39 is 0 Å². The van der Waals surface area contributed by atoms with Crippen LogP contribution in [0.5, 0.6) is 5.75 Å². The van der Waals surface area contributed by atoms with Crippen LogP contribution >= 0.6 is 0 Å². The first-order valence-electron chi connectivity index (χ1n) is 6.20. The molecule has 0 aliphatic heterocycles. The number of likely N-dealkylation sites (N-methyl/N-ethyl adjacent to an activating group) is 1. The van der Waals surface area contributed by atoms with Crippen LogP contribution in [-0.4, -0.2) is 38.1 Å². The van der Waals surface area contributed by atoms with Crippen LogP contribution in [0.2, 0.25) is 0 Å². The summed E-state index contributed by atoms with van der Waals surface area (Å²) in [5.41, 5.74) is 1.06. The van der Waals surface area contributed by atoms with Gasteiger partial charge in [0.1, 0.15) is 5.75 Å². The standard InChI is InChI=1S/C14H22N2O2/c1-5-16(3)14(17)10-15-11(2)12-8-6-7-9-13(12)18-4/h6-9,11,15H,5,10H2,1-4H3. The third-order valence-electron chi connectivity index (χ3n) is 3.07. The Balaban J connectivity index is 2.60. The van der Waals surface area contributed by atoms with Gasteiger partial charge in [-0.15, -0.1) is 0 Å². The van der Waals surface area contributed by atoms with Gasteiger partial charge in [0.25, 0.3) is 0 Å². The third-order valence-corrected chi connectivity index (χ3v) is 3.07. The van der Waals surface area contributed by atoms with Crippen molar-refractivity contribution in [2.45, 2.75) is 19.9 Å². The van der Waals surface area contributed by atoms with Crippen LogP contribution in [0.15, 0.2) is 24.3 Å². The second-order valence-corrected chi connectivity index (χ2v) is 4.25. The van der Waals surface area contributed by atoms with E-state index in [0.29, 0.717) is 6.54 Å². The largest absolute Gasteiger partial charge is 0.496 e. The molecular weight excluding hydrogens is 228 g/mol. The van der Waals surface area contributed by atoms with Gasteiger partial charge in [-0.1, -0.05) is 18.2 Å². The van der Waals surface area contributed by atoms with Gasteiger partial charge in [-0.05, 0) is 19.9 Å². The molecule has 100 valence electrons. The second-order valence-electron chi connectivity index (χ2n) is 4.25. The van der Waals surface area contributed by atoms with E-state index in [-0.39, 0.29) is 11.9 Å². The molecule has 1 amide bonds. The summed E-state index contributed by atoms with van der Waals surface area (Å²) in [7, 11) is 3.46. The Labute approximate surface area is 109 Å². The number of hydrogen-bond acceptors (Lipinski definition) is 3. The third kappa shape index (κ3) is 3.74. The minimum atomic E-state index is 0.0790. The molecule has 18 heavy (non-hydrogen) atoms. The maximum atomic E-state index is 11.7. The number of para-hydroxylation sites is 1. The Morgan fingerprint density at radius 2 is 2.11 bits per heavy atom. The van der Waals surface area contributed by atoms with Crippen LogP contribution in [0.25, 0.3) is 0 Å². The summed E-state index contributed by atoms with van der Waals surface area (Å²) >= 11 is 0. The summed E-state index contributed by atoms with van der Waals surface area (Å²) in [6.45, 7) is 5.05. The summed E-state index contributed by atoms with van der Waals surface area (Å²) in [6.07, 6.45) is 0. The lowest BCUT2D eigenvalue weighted by molar-refractivity contribution is -0.128. The number of rotatable bonds is 6. The van der Waals surface area contributed by atoms with Crippen molar-refractivity contribution in [2.75, 3.05) is 27.2 Å². The van der Waals surface area contributed by atoms with Gasteiger partial charge in [-0.25, -0.2) is 0 Å². The molecule has 0 bridgehead atoms. The molecule has 0 heterocycles. The van der Waals surface area contributed by atoms with E-state index in [0.717, 1.165) is 17.9 Å². The molecule has 1 unspecified atom stereocenters. The van der Waals surface area contributed by atoms with Crippen molar-refractivity contribution in [3.8, 4) is 5.75 Å². The van der Waals surface area contributed by atoms with Crippen molar-refractivity contribution < 1.29 is 9.53 Å². The lowest BCUT2D eigenvalue weighted by Crippen LogP contribution is -2.36. The predicted molar refractivity (Wildman–Crippen MR) is 72.7 cm³/mol. The first kappa shape index (κ1) is 14.5. The predicted octanol–water partition coefficient (Wildman–Crippen LogP) is 1.82. The first-order chi connectivity index (χ1) is 8.60. The zero-order chi connectivity index (χ0) is 13.5. The molecule has 1 aromatic rings. The Hall–Kier alpha value is -1.55. The molecule has 0 spiro atoms. The van der Waals surface area contributed by atoms with Crippen molar-refractivity contribution in [1.29, 1.82) is 0 Å². The van der Waals surface area contributed by atoms with E-state index >= 15 is 0 Å². The van der Waals surface area contributed by atoms with E-state index in [9.17, 15) is 4.79 Å². The van der Waals surface area contributed by atoms with Crippen molar-refractivity contribution in [2.24, 2.45) is 0 Å². The molecule has 1 atom stereocenters. The van der Waals surface area contributed by atoms with Gasteiger partial charge in [-0.3, -0.25) is 4.79 Å². The molecular formula is C14H22N2O2. The average Bonchev–Trinajstić information content (AvgIpc) is 2.43. The second kappa shape index (κ2) is 7.01. The lowest BCUT2D eigenvalue weighted by atomic mass is 10.1. The number of hydrogen-bond donors (Lipinski definition) is 1. The van der Waals surface area contributed by atoms with Crippen LogP contribution < -0.4 is 10.1 Å². The topological polar surface area (TPSA) is 41.6 Å². The summed E-state index contributed by atoms with van der Waals surface area (Å²) in [6, 6.07) is 7.91. The summed E-state index contributed by atoms with van der Waals surface area (Å²) in [5.74, 6) is 0.938. The van der Waals surface area contributed by atoms with E-state index in [1.165, 1.54) is 0 Å². The molecule has 0 fully saturated rings. The molecule has 1 rings (SSSR count). The number of amides is 1. The number of carbonyl (C=O) groups excluding carboxylic acids is 1. The Bertz CT molecular complexity index is 393. The Morgan fingerprint density at radius 1 is 1.44 bits per heavy atom. The van der Waals surface area contributed by atoms with Crippen molar-refractivity contribution in [3.63, 3.8) is 0 Å². The zero-order valence-electron chi connectivity index (χ0n) is 11.6.